The second kappa shape index (κ2) is 22.3. The van der Waals surface area contributed by atoms with Crippen molar-refractivity contribution >= 4 is 46.6 Å². The monoisotopic (exact) mass is 932 g/mol. The fourth-order valence-electron chi connectivity index (χ4n) is 7.99. The smallest absolute Gasteiger partial charge is 0.303 e. The maximum absolute atomic E-state index is 12.5. The van der Waals surface area contributed by atoms with Crippen LogP contribution in [0.2, 0.25) is 0 Å². The molecule has 0 saturated carbocycles. The van der Waals surface area contributed by atoms with Crippen LogP contribution in [0.3, 0.4) is 0 Å². The third-order valence-electron chi connectivity index (χ3n) is 11.4. The van der Waals surface area contributed by atoms with Crippen molar-refractivity contribution in [2.75, 3.05) is 63.2 Å². The van der Waals surface area contributed by atoms with Crippen LogP contribution in [0, 0.1) is 10.8 Å². The maximum Gasteiger partial charge on any atom is 0.303 e. The molecule has 0 spiro atoms. The molecule has 8 atom stereocenters. The van der Waals surface area contributed by atoms with E-state index in [4.69, 9.17) is 49.5 Å². The normalized spacial score (nSPS) is 27.7. The molecule has 6 aliphatic heterocycles. The summed E-state index contributed by atoms with van der Waals surface area (Å²) in [6.07, 6.45) is 4.46. The average Bonchev–Trinajstić information content (AvgIpc) is 4.04. The van der Waals surface area contributed by atoms with E-state index in [1.165, 1.54) is 13.8 Å². The van der Waals surface area contributed by atoms with Crippen molar-refractivity contribution in [2.24, 2.45) is 10.8 Å². The van der Waals surface area contributed by atoms with Crippen molar-refractivity contribution in [1.82, 2.24) is 30.2 Å². The SMILES string of the molecule is CC(=O)O[C@H]1CO[C@H]2[C@@H]1OC[C@@H]2Oc1ccnc(NC2CCN(C(=O)C(C)(C)C)CC2)n1.CC(=O)O[C@H]1CO[C@H]2[C@@H]1OC[C@@H]2Oc1ccnc(NC2CCNCC2)n1.CC(C)(C)C(=O)Cl. The first kappa shape index (κ1) is 50.0. The number of ether oxygens (including phenoxy) is 8. The number of likely N-dealkylation sites (tertiary alicyclic amines) is 1. The highest BCUT2D eigenvalue weighted by atomic mass is 35.5. The number of fused-ring (bicyclic) bond motifs is 2. The second-order valence-electron chi connectivity index (χ2n) is 18.9. The van der Waals surface area contributed by atoms with Gasteiger partial charge in [0.15, 0.2) is 24.4 Å². The zero-order valence-corrected chi connectivity index (χ0v) is 39.3. The molecule has 65 heavy (non-hydrogen) atoms. The summed E-state index contributed by atoms with van der Waals surface area (Å²) < 4.78 is 45.5. The van der Waals surface area contributed by atoms with Gasteiger partial charge in [-0.05, 0) is 50.4 Å². The summed E-state index contributed by atoms with van der Waals surface area (Å²) >= 11 is 5.11. The van der Waals surface area contributed by atoms with E-state index in [1.807, 2.05) is 25.7 Å². The zero-order chi connectivity index (χ0) is 46.9. The average molecular weight is 934 g/mol. The third-order valence-corrected chi connectivity index (χ3v) is 12.0. The van der Waals surface area contributed by atoms with E-state index in [1.54, 1.807) is 45.3 Å². The van der Waals surface area contributed by atoms with Crippen LogP contribution >= 0.6 is 11.6 Å². The number of carbonyl (C=O) groups excluding carboxylic acids is 4. The summed E-state index contributed by atoms with van der Waals surface area (Å²) in [7, 11) is 0. The number of anilines is 2. The Balaban J connectivity index is 0.000000191. The molecule has 6 saturated heterocycles. The van der Waals surface area contributed by atoms with Gasteiger partial charge in [0, 0.05) is 74.4 Å². The quantitative estimate of drug-likeness (QED) is 0.229. The zero-order valence-electron chi connectivity index (χ0n) is 38.6. The number of nitrogens with zero attached hydrogens (tertiary/aromatic N) is 5. The summed E-state index contributed by atoms with van der Waals surface area (Å²) in [5.74, 6) is 1.45. The van der Waals surface area contributed by atoms with Gasteiger partial charge in [-0.3, -0.25) is 19.2 Å². The van der Waals surface area contributed by atoms with Crippen LogP contribution in [-0.4, -0.2) is 161 Å². The number of aromatic nitrogens is 4. The lowest BCUT2D eigenvalue weighted by Gasteiger charge is -2.36. The number of hydrogen-bond donors (Lipinski definition) is 3. The van der Waals surface area contributed by atoms with E-state index < -0.39 is 6.10 Å². The molecule has 21 heteroatoms. The first-order valence-corrected chi connectivity index (χ1v) is 22.7. The maximum atomic E-state index is 12.5. The van der Waals surface area contributed by atoms with Gasteiger partial charge in [0.05, 0.1) is 26.4 Å². The number of carbonyl (C=O) groups is 4. The largest absolute Gasteiger partial charge is 0.469 e. The summed E-state index contributed by atoms with van der Waals surface area (Å²) in [5.41, 5.74) is -0.735. The summed E-state index contributed by atoms with van der Waals surface area (Å²) in [6, 6.07) is 3.98. The van der Waals surface area contributed by atoms with E-state index in [0.29, 0.717) is 69.2 Å². The molecule has 0 aliphatic carbocycles. The Kier molecular flexibility index (Phi) is 17.2. The van der Waals surface area contributed by atoms with E-state index in [-0.39, 0.29) is 82.7 Å². The topological polar surface area (TPSA) is 233 Å². The number of hydrogen-bond acceptors (Lipinski definition) is 19. The van der Waals surface area contributed by atoms with Gasteiger partial charge in [0.1, 0.15) is 24.4 Å². The molecule has 1 amide bonds. The Hall–Kier alpha value is -4.47. The molecular weight excluding hydrogens is 868 g/mol. The second-order valence-corrected chi connectivity index (χ2v) is 19.2. The van der Waals surface area contributed by atoms with Crippen LogP contribution in [0.5, 0.6) is 11.8 Å². The fraction of sp³-hybridized carbons (Fsp3) is 0.727. The molecule has 8 rings (SSSR count). The summed E-state index contributed by atoms with van der Waals surface area (Å²) in [6.45, 7) is 18.7. The highest BCUT2D eigenvalue weighted by Gasteiger charge is 2.52. The molecule has 3 N–H and O–H groups in total. The molecule has 20 nitrogen and oxygen atoms in total. The number of nitrogens with one attached hydrogen (secondary N) is 3. The molecule has 0 aromatic carbocycles. The van der Waals surface area contributed by atoms with Crippen molar-refractivity contribution in [2.45, 2.75) is 142 Å². The molecule has 8 heterocycles. The Morgan fingerprint density at radius 3 is 1.42 bits per heavy atom. The van der Waals surface area contributed by atoms with Crippen LogP contribution in [0.15, 0.2) is 24.5 Å². The predicted molar refractivity (Wildman–Crippen MR) is 235 cm³/mol. The molecule has 360 valence electrons. The van der Waals surface area contributed by atoms with Crippen LogP contribution in [0.1, 0.15) is 81.1 Å². The van der Waals surface area contributed by atoms with Crippen molar-refractivity contribution in [3.05, 3.63) is 24.5 Å². The lowest BCUT2D eigenvalue weighted by molar-refractivity contribution is -0.151. The Morgan fingerprint density at radius 1 is 0.646 bits per heavy atom. The minimum absolute atomic E-state index is 0.185. The standard InChI is InChI=1S/C22H32N4O6.C17H24N4O5.C5H9ClO/c1-13(27)31-15-11-29-19-16(12-30-18(15)19)32-17-5-8-23-21(25-17)24-14-6-9-26(10-7-14)20(28)22(2,3)4;1-10(22)25-12-8-23-16-13(9-24-15(12)16)26-14-4-7-19-17(21-14)20-11-2-5-18-6-3-11;1-5(2,3)4(6)7/h5,8,14-16,18-19H,6-7,9-12H2,1-4H3,(H,23,24,25);4,7,11-13,15-16,18H,2-3,5-6,8-9H2,1H3,(H,19,20,21);1-3H3/t15-,16-,18+,19+;12-,13-,15+,16+;/m00./s1. The first-order chi connectivity index (χ1) is 30.8. The van der Waals surface area contributed by atoms with Gasteiger partial charge in [-0.15, -0.1) is 0 Å². The molecule has 2 aromatic rings. The molecule has 0 bridgehead atoms. The highest BCUT2D eigenvalue weighted by Crippen LogP contribution is 2.33. The van der Waals surface area contributed by atoms with Crippen molar-refractivity contribution in [3.63, 3.8) is 0 Å². The summed E-state index contributed by atoms with van der Waals surface area (Å²) in [5, 5.41) is 9.77. The predicted octanol–water partition coefficient (Wildman–Crippen LogP) is 3.32. The van der Waals surface area contributed by atoms with Gasteiger partial charge in [-0.2, -0.15) is 9.97 Å². The van der Waals surface area contributed by atoms with Crippen molar-refractivity contribution in [1.29, 1.82) is 0 Å². The molecule has 6 fully saturated rings. The molecule has 6 aliphatic rings. The number of amides is 1. The summed E-state index contributed by atoms with van der Waals surface area (Å²) in [4.78, 5) is 64.6. The van der Waals surface area contributed by atoms with Crippen molar-refractivity contribution in [3.8, 4) is 11.8 Å². The lowest BCUT2D eigenvalue weighted by atomic mass is 9.93. The van der Waals surface area contributed by atoms with E-state index in [9.17, 15) is 19.2 Å². The molecule has 0 unspecified atom stereocenters. The van der Waals surface area contributed by atoms with Gasteiger partial charge >= 0.3 is 11.9 Å². The Bertz CT molecular complexity index is 1920. The third kappa shape index (κ3) is 14.3. The minimum atomic E-state index is -0.412. The van der Waals surface area contributed by atoms with Gasteiger partial charge in [-0.25, -0.2) is 9.97 Å². The molecule has 2 aromatic heterocycles. The fourth-order valence-corrected chi connectivity index (χ4v) is 7.99. The van der Waals surface area contributed by atoms with Crippen LogP contribution < -0.4 is 25.4 Å². The van der Waals surface area contributed by atoms with E-state index >= 15 is 0 Å². The number of esters is 2. The van der Waals surface area contributed by atoms with Gasteiger partial charge < -0.3 is 58.7 Å². The first-order valence-electron chi connectivity index (χ1n) is 22.4. The van der Waals surface area contributed by atoms with Crippen molar-refractivity contribution < 1.29 is 57.1 Å². The lowest BCUT2D eigenvalue weighted by Crippen LogP contribution is -2.46. The Labute approximate surface area is 385 Å². The molecule has 0 radical (unpaired) electrons. The van der Waals surface area contributed by atoms with Crippen LogP contribution in [0.4, 0.5) is 11.9 Å². The highest BCUT2D eigenvalue weighted by molar-refractivity contribution is 6.64. The van der Waals surface area contributed by atoms with Gasteiger partial charge in [0.2, 0.25) is 34.8 Å². The van der Waals surface area contributed by atoms with Gasteiger partial charge in [-0.1, -0.05) is 41.5 Å². The number of halogens is 1. The Morgan fingerprint density at radius 2 is 1.03 bits per heavy atom. The van der Waals surface area contributed by atoms with Gasteiger partial charge in [0.25, 0.3) is 0 Å². The van der Waals surface area contributed by atoms with Crippen LogP contribution in [-0.2, 0) is 47.6 Å². The number of piperidine rings is 2. The molecular formula is C44H65ClN8O12. The number of rotatable bonds is 10. The van der Waals surface area contributed by atoms with E-state index in [0.717, 1.165) is 38.8 Å². The minimum Gasteiger partial charge on any atom is -0.469 e. The van der Waals surface area contributed by atoms with Crippen LogP contribution in [0.25, 0.3) is 0 Å². The van der Waals surface area contributed by atoms with E-state index in [2.05, 4.69) is 35.9 Å².